The Bertz CT molecular complexity index is 1360. The fourth-order valence-electron chi connectivity index (χ4n) is 3.12. The lowest BCUT2D eigenvalue weighted by Crippen LogP contribution is -2.60. The molecule has 2 unspecified atom stereocenters. The molecule has 3 aromatic rings. The molecule has 1 aromatic carbocycles. The summed E-state index contributed by atoms with van der Waals surface area (Å²) in [5.74, 6) is -7.76. The zero-order valence-electron chi connectivity index (χ0n) is 17.0. The number of nitrogens with zero attached hydrogens (tertiary/aromatic N) is 2. The summed E-state index contributed by atoms with van der Waals surface area (Å²) in [6.45, 7) is 0.242. The van der Waals surface area contributed by atoms with Crippen molar-refractivity contribution in [2.75, 3.05) is 0 Å². The fourth-order valence-corrected chi connectivity index (χ4v) is 3.25. The second-order valence-corrected chi connectivity index (χ2v) is 7.72. The Balaban J connectivity index is 2.32. The van der Waals surface area contributed by atoms with Crippen LogP contribution in [0.25, 0.3) is 16.7 Å². The van der Waals surface area contributed by atoms with Crippen LogP contribution in [0.15, 0.2) is 29.2 Å². The summed E-state index contributed by atoms with van der Waals surface area (Å²) in [5.41, 5.74) is -8.09. The molecule has 1 amide bonds. The van der Waals surface area contributed by atoms with Crippen molar-refractivity contribution in [2.45, 2.75) is 31.5 Å². The van der Waals surface area contributed by atoms with E-state index in [2.05, 4.69) is 4.98 Å². The standard InChI is InChI=1S/C20H11ClF9N3O2/c1-20(19(29)30,14(26)16(27)28)32-18(35)8-5-33(12-9(23)2-6(22)3-10(12)24)17-7(13(8)34)4-11(25)15(21)31-17/h2-5,14,16,19H,1H3,(H,32,35). The van der Waals surface area contributed by atoms with E-state index in [0.29, 0.717) is 16.8 Å². The van der Waals surface area contributed by atoms with Gasteiger partial charge in [0.25, 0.3) is 18.8 Å². The SMILES string of the molecule is CC(NC(=O)c1cn(-c2c(F)cc(F)cc2F)c2nc(Cl)c(F)cc2c1=O)(C(F)F)C(F)C(F)F. The first-order chi connectivity index (χ1) is 16.2. The summed E-state index contributed by atoms with van der Waals surface area (Å²) in [6.07, 6.45) is -11.1. The van der Waals surface area contributed by atoms with Gasteiger partial charge in [-0.2, -0.15) is 0 Å². The van der Waals surface area contributed by atoms with E-state index in [0.717, 1.165) is 0 Å². The molecule has 0 aliphatic rings. The van der Waals surface area contributed by atoms with Crippen LogP contribution in [0.2, 0.25) is 5.15 Å². The number of carbonyl (C=O) groups excluding carboxylic acids is 1. The molecule has 0 spiro atoms. The topological polar surface area (TPSA) is 64.0 Å². The van der Waals surface area contributed by atoms with Gasteiger partial charge in [0.1, 0.15) is 22.6 Å². The number of fused-ring (bicyclic) bond motifs is 1. The molecular weight excluding hydrogens is 521 g/mol. The van der Waals surface area contributed by atoms with Gasteiger partial charge in [-0.3, -0.25) is 14.2 Å². The number of alkyl halides is 5. The van der Waals surface area contributed by atoms with Gasteiger partial charge in [0, 0.05) is 18.3 Å². The molecule has 0 aliphatic carbocycles. The fraction of sp³-hybridized carbons (Fsp3) is 0.250. The molecule has 0 saturated heterocycles. The van der Waals surface area contributed by atoms with E-state index in [9.17, 15) is 49.1 Å². The van der Waals surface area contributed by atoms with Crippen molar-refractivity contribution in [2.24, 2.45) is 0 Å². The highest BCUT2D eigenvalue weighted by Gasteiger charge is 2.49. The van der Waals surface area contributed by atoms with Crippen LogP contribution in [-0.2, 0) is 0 Å². The minimum atomic E-state index is -3.97. The summed E-state index contributed by atoms with van der Waals surface area (Å²) in [5, 5.41) is -0.442. The van der Waals surface area contributed by atoms with Gasteiger partial charge in [0.15, 0.2) is 34.4 Å². The lowest BCUT2D eigenvalue weighted by molar-refractivity contribution is -0.0651. The van der Waals surface area contributed by atoms with Crippen LogP contribution in [0.4, 0.5) is 39.5 Å². The molecule has 3 rings (SSSR count). The van der Waals surface area contributed by atoms with Gasteiger partial charge in [-0.15, -0.1) is 0 Å². The summed E-state index contributed by atoms with van der Waals surface area (Å²) in [7, 11) is 0. The molecule has 5 nitrogen and oxygen atoms in total. The van der Waals surface area contributed by atoms with E-state index in [1.165, 1.54) is 5.32 Å². The number of rotatable bonds is 6. The van der Waals surface area contributed by atoms with E-state index in [1.807, 2.05) is 0 Å². The normalized spacial score (nSPS) is 14.4. The maximum absolute atomic E-state index is 14.5. The van der Waals surface area contributed by atoms with Gasteiger partial charge in [0.2, 0.25) is 5.43 Å². The second-order valence-electron chi connectivity index (χ2n) is 7.37. The second kappa shape index (κ2) is 9.40. The Morgan fingerprint density at radius 1 is 1.03 bits per heavy atom. The van der Waals surface area contributed by atoms with Crippen molar-refractivity contribution >= 4 is 28.5 Å². The van der Waals surface area contributed by atoms with Crippen LogP contribution < -0.4 is 10.7 Å². The van der Waals surface area contributed by atoms with Crippen molar-refractivity contribution in [1.29, 1.82) is 0 Å². The quantitative estimate of drug-likeness (QED) is 0.362. The Morgan fingerprint density at radius 3 is 2.11 bits per heavy atom. The van der Waals surface area contributed by atoms with Crippen molar-refractivity contribution in [3.8, 4) is 5.69 Å². The monoisotopic (exact) mass is 531 g/mol. The Hall–Kier alpha value is -3.29. The molecule has 0 radical (unpaired) electrons. The van der Waals surface area contributed by atoms with Crippen LogP contribution in [-0.4, -0.2) is 40.0 Å². The lowest BCUT2D eigenvalue weighted by atomic mass is 9.95. The molecule has 0 aliphatic heterocycles. The minimum absolute atomic E-state index is 0.206. The van der Waals surface area contributed by atoms with Gasteiger partial charge in [-0.25, -0.2) is 44.5 Å². The molecule has 0 fully saturated rings. The number of hydrogen-bond acceptors (Lipinski definition) is 3. The van der Waals surface area contributed by atoms with Crippen LogP contribution in [0.1, 0.15) is 17.3 Å². The first kappa shape index (κ1) is 26.3. The van der Waals surface area contributed by atoms with E-state index in [1.54, 1.807) is 0 Å². The van der Waals surface area contributed by atoms with Crippen LogP contribution in [0, 0.1) is 23.3 Å². The predicted octanol–water partition coefficient (Wildman–Crippen LogP) is 4.95. The van der Waals surface area contributed by atoms with Crippen LogP contribution >= 0.6 is 11.6 Å². The first-order valence-corrected chi connectivity index (χ1v) is 9.66. The highest BCUT2D eigenvalue weighted by Crippen LogP contribution is 2.29. The van der Waals surface area contributed by atoms with Gasteiger partial charge < -0.3 is 5.32 Å². The van der Waals surface area contributed by atoms with Crippen molar-refractivity contribution in [3.05, 3.63) is 68.6 Å². The van der Waals surface area contributed by atoms with Crippen molar-refractivity contribution < 1.29 is 44.3 Å². The molecule has 188 valence electrons. The number of hydrogen-bond donors (Lipinski definition) is 1. The number of pyridine rings is 2. The van der Waals surface area contributed by atoms with E-state index >= 15 is 0 Å². The molecule has 0 bridgehead atoms. The lowest BCUT2D eigenvalue weighted by Gasteiger charge is -2.32. The molecule has 2 aromatic heterocycles. The van der Waals surface area contributed by atoms with Gasteiger partial charge in [-0.05, 0) is 13.0 Å². The smallest absolute Gasteiger partial charge is 0.271 e. The number of amides is 1. The molecule has 0 saturated carbocycles. The predicted molar refractivity (Wildman–Crippen MR) is 105 cm³/mol. The third-order valence-corrected chi connectivity index (χ3v) is 5.25. The minimum Gasteiger partial charge on any atom is -0.338 e. The zero-order chi connectivity index (χ0) is 26.4. The molecule has 15 heteroatoms. The largest absolute Gasteiger partial charge is 0.338 e. The third kappa shape index (κ3) is 4.66. The van der Waals surface area contributed by atoms with Crippen LogP contribution in [0.3, 0.4) is 0 Å². The number of halogens is 10. The summed E-state index contributed by atoms with van der Waals surface area (Å²) in [4.78, 5) is 28.9. The van der Waals surface area contributed by atoms with Gasteiger partial charge in [-0.1, -0.05) is 11.6 Å². The molecule has 2 heterocycles. The number of benzene rings is 1. The highest BCUT2D eigenvalue weighted by atomic mass is 35.5. The van der Waals surface area contributed by atoms with E-state index in [-0.39, 0.29) is 19.1 Å². The Morgan fingerprint density at radius 2 is 1.60 bits per heavy atom. The summed E-state index contributed by atoms with van der Waals surface area (Å²) < 4.78 is 123. The summed E-state index contributed by atoms with van der Waals surface area (Å²) in [6, 6.07) is 0.817. The molecular formula is C20H11ClF9N3O2. The Labute approximate surface area is 194 Å². The summed E-state index contributed by atoms with van der Waals surface area (Å²) >= 11 is 5.57. The molecule has 1 N–H and O–H groups in total. The Kier molecular flexibility index (Phi) is 7.07. The number of nitrogens with one attached hydrogen (secondary N) is 1. The molecule has 2 atom stereocenters. The zero-order valence-corrected chi connectivity index (χ0v) is 17.8. The number of carbonyl (C=O) groups is 1. The van der Waals surface area contributed by atoms with E-state index < -0.39 is 86.6 Å². The average molecular weight is 532 g/mol. The maximum atomic E-state index is 14.5. The molecule has 35 heavy (non-hydrogen) atoms. The average Bonchev–Trinajstić information content (AvgIpc) is 2.74. The third-order valence-electron chi connectivity index (χ3n) is 4.99. The van der Waals surface area contributed by atoms with Gasteiger partial charge >= 0.3 is 0 Å². The number of aromatic nitrogens is 2. The first-order valence-electron chi connectivity index (χ1n) is 9.28. The van der Waals surface area contributed by atoms with Crippen molar-refractivity contribution in [1.82, 2.24) is 14.9 Å². The maximum Gasteiger partial charge on any atom is 0.271 e. The van der Waals surface area contributed by atoms with Crippen LogP contribution in [0.5, 0.6) is 0 Å². The van der Waals surface area contributed by atoms with E-state index in [4.69, 9.17) is 11.6 Å². The highest BCUT2D eigenvalue weighted by molar-refractivity contribution is 6.29. The van der Waals surface area contributed by atoms with Gasteiger partial charge in [0.05, 0.1) is 5.39 Å². The van der Waals surface area contributed by atoms with Crippen molar-refractivity contribution in [3.63, 3.8) is 0 Å².